The van der Waals surface area contributed by atoms with Crippen LogP contribution in [0.3, 0.4) is 0 Å². The number of para-hydroxylation sites is 1. The minimum atomic E-state index is -0.935. The fourth-order valence-corrected chi connectivity index (χ4v) is 5.87. The molecule has 42 heavy (non-hydrogen) atoms. The maximum absolute atomic E-state index is 13.5. The third kappa shape index (κ3) is 5.44. The Labute approximate surface area is 243 Å². The number of amides is 2. The van der Waals surface area contributed by atoms with Crippen LogP contribution in [0.1, 0.15) is 35.1 Å². The summed E-state index contributed by atoms with van der Waals surface area (Å²) in [5.74, 6) is 0.430. The summed E-state index contributed by atoms with van der Waals surface area (Å²) in [4.78, 5) is 31.6. The van der Waals surface area contributed by atoms with Gasteiger partial charge in [0.1, 0.15) is 18.2 Å². The van der Waals surface area contributed by atoms with Crippen molar-refractivity contribution in [2.75, 3.05) is 25.1 Å². The normalized spacial score (nSPS) is 19.2. The van der Waals surface area contributed by atoms with E-state index in [2.05, 4.69) is 22.4 Å². The number of nitrogens with zero attached hydrogens (tertiary/aromatic N) is 2. The summed E-state index contributed by atoms with van der Waals surface area (Å²) in [6, 6.07) is 27.2. The first-order valence-electron chi connectivity index (χ1n) is 13.9. The van der Waals surface area contributed by atoms with E-state index in [-0.39, 0.29) is 31.5 Å². The molecule has 0 radical (unpaired) electrons. The van der Waals surface area contributed by atoms with Gasteiger partial charge in [0.2, 0.25) is 0 Å². The summed E-state index contributed by atoms with van der Waals surface area (Å²) in [5, 5.41) is 23.4. The second-order valence-electron chi connectivity index (χ2n) is 10.4. The number of ether oxygens (including phenoxy) is 2. The third-order valence-corrected chi connectivity index (χ3v) is 7.89. The Morgan fingerprint density at radius 1 is 0.905 bits per heavy atom. The van der Waals surface area contributed by atoms with Crippen LogP contribution in [-0.2, 0) is 9.53 Å². The lowest BCUT2D eigenvalue weighted by Gasteiger charge is -2.29. The SMILES string of the molecule is O=C(COc1ccccc1)Nc1ccc([C@H]2C[C@H](O)[C@@H](CO)N2C(=O)OCC2c3ccccc3-c3ccccc32)cn1. The topological polar surface area (TPSA) is 121 Å². The average molecular weight is 566 g/mol. The van der Waals surface area contributed by atoms with Crippen molar-refractivity contribution in [2.45, 2.75) is 30.5 Å². The van der Waals surface area contributed by atoms with Crippen molar-refractivity contribution in [2.24, 2.45) is 0 Å². The second kappa shape index (κ2) is 12.0. The number of rotatable bonds is 8. The zero-order chi connectivity index (χ0) is 29.1. The number of fused-ring (bicyclic) bond motifs is 3. The molecule has 214 valence electrons. The van der Waals surface area contributed by atoms with Crippen LogP contribution in [0.2, 0.25) is 0 Å². The maximum atomic E-state index is 13.5. The first-order chi connectivity index (χ1) is 20.5. The predicted molar refractivity (Wildman–Crippen MR) is 156 cm³/mol. The van der Waals surface area contributed by atoms with Gasteiger partial charge in [0.05, 0.1) is 24.8 Å². The van der Waals surface area contributed by atoms with Crippen LogP contribution in [0, 0.1) is 0 Å². The molecule has 9 heteroatoms. The summed E-state index contributed by atoms with van der Waals surface area (Å²) in [6.45, 7) is -0.459. The zero-order valence-corrected chi connectivity index (χ0v) is 22.8. The van der Waals surface area contributed by atoms with Crippen molar-refractivity contribution >= 4 is 17.8 Å². The van der Waals surface area contributed by atoms with E-state index in [4.69, 9.17) is 9.47 Å². The molecule has 0 bridgehead atoms. The number of hydrogen-bond acceptors (Lipinski definition) is 7. The molecule has 1 saturated heterocycles. The van der Waals surface area contributed by atoms with E-state index >= 15 is 0 Å². The van der Waals surface area contributed by atoms with Crippen molar-refractivity contribution in [3.05, 3.63) is 114 Å². The third-order valence-electron chi connectivity index (χ3n) is 7.89. The van der Waals surface area contributed by atoms with Crippen LogP contribution in [0.4, 0.5) is 10.6 Å². The number of carbonyl (C=O) groups is 2. The first-order valence-corrected chi connectivity index (χ1v) is 13.9. The number of pyridine rings is 1. The highest BCUT2D eigenvalue weighted by Crippen LogP contribution is 2.45. The van der Waals surface area contributed by atoms with Gasteiger partial charge in [-0.25, -0.2) is 9.78 Å². The summed E-state index contributed by atoms with van der Waals surface area (Å²) in [5.41, 5.74) is 5.10. The van der Waals surface area contributed by atoms with E-state index in [1.165, 1.54) is 4.90 Å². The smallest absolute Gasteiger partial charge is 0.410 e. The van der Waals surface area contributed by atoms with E-state index in [9.17, 15) is 19.8 Å². The molecule has 3 N–H and O–H groups in total. The Balaban J connectivity index is 1.13. The van der Waals surface area contributed by atoms with Gasteiger partial charge in [0.15, 0.2) is 6.61 Å². The number of carbonyl (C=O) groups excluding carboxylic acids is 2. The van der Waals surface area contributed by atoms with Crippen LogP contribution in [0.15, 0.2) is 97.2 Å². The molecule has 6 rings (SSSR count). The van der Waals surface area contributed by atoms with Gasteiger partial charge in [-0.15, -0.1) is 0 Å². The molecule has 3 aromatic carbocycles. The Hall–Kier alpha value is -4.73. The number of aliphatic hydroxyl groups excluding tert-OH is 2. The highest BCUT2D eigenvalue weighted by atomic mass is 16.6. The van der Waals surface area contributed by atoms with Crippen LogP contribution in [-0.4, -0.2) is 64.1 Å². The molecule has 9 nitrogen and oxygen atoms in total. The van der Waals surface area contributed by atoms with Crippen molar-refractivity contribution < 1.29 is 29.3 Å². The lowest BCUT2D eigenvalue weighted by atomic mass is 9.98. The molecular weight excluding hydrogens is 534 g/mol. The first kappa shape index (κ1) is 27.4. The number of likely N-dealkylation sites (tertiary alicyclic amines) is 1. The van der Waals surface area contributed by atoms with Gasteiger partial charge >= 0.3 is 6.09 Å². The Bertz CT molecular complexity index is 1520. The van der Waals surface area contributed by atoms with Gasteiger partial charge in [0, 0.05) is 18.5 Å². The van der Waals surface area contributed by atoms with Gasteiger partial charge in [-0.1, -0.05) is 72.8 Å². The molecule has 4 aromatic rings. The molecule has 2 amide bonds. The van der Waals surface area contributed by atoms with Gasteiger partial charge in [-0.2, -0.15) is 0 Å². The van der Waals surface area contributed by atoms with Crippen molar-refractivity contribution in [3.63, 3.8) is 0 Å². The van der Waals surface area contributed by atoms with Crippen molar-refractivity contribution in [1.82, 2.24) is 9.88 Å². The lowest BCUT2D eigenvalue weighted by Crippen LogP contribution is -2.43. The van der Waals surface area contributed by atoms with Crippen LogP contribution >= 0.6 is 0 Å². The molecule has 1 aromatic heterocycles. The minimum absolute atomic E-state index is 0.115. The molecule has 0 spiro atoms. The maximum Gasteiger partial charge on any atom is 0.410 e. The fraction of sp³-hybridized carbons (Fsp3) is 0.242. The van der Waals surface area contributed by atoms with E-state index in [0.717, 1.165) is 22.3 Å². The van der Waals surface area contributed by atoms with Crippen molar-refractivity contribution in [1.29, 1.82) is 0 Å². The Morgan fingerprint density at radius 3 is 2.21 bits per heavy atom. The molecule has 1 fully saturated rings. The molecule has 2 heterocycles. The molecular formula is C33H31N3O6. The molecule has 1 aliphatic carbocycles. The van der Waals surface area contributed by atoms with Crippen LogP contribution < -0.4 is 10.1 Å². The van der Waals surface area contributed by atoms with E-state index in [0.29, 0.717) is 17.1 Å². The van der Waals surface area contributed by atoms with Crippen molar-refractivity contribution in [3.8, 4) is 16.9 Å². The largest absolute Gasteiger partial charge is 0.484 e. The number of hydrogen-bond donors (Lipinski definition) is 3. The molecule has 1 aliphatic heterocycles. The molecule has 0 saturated carbocycles. The number of aromatic nitrogens is 1. The number of nitrogens with one attached hydrogen (secondary N) is 1. The van der Waals surface area contributed by atoms with Gasteiger partial charge in [-0.3, -0.25) is 9.69 Å². The predicted octanol–water partition coefficient (Wildman–Crippen LogP) is 4.52. The second-order valence-corrected chi connectivity index (χ2v) is 10.4. The van der Waals surface area contributed by atoms with E-state index in [1.807, 2.05) is 54.6 Å². The van der Waals surface area contributed by atoms with Gasteiger partial charge in [-0.05, 0) is 46.0 Å². The molecule has 0 unspecified atom stereocenters. The highest BCUT2D eigenvalue weighted by Gasteiger charge is 2.45. The highest BCUT2D eigenvalue weighted by molar-refractivity contribution is 5.91. The van der Waals surface area contributed by atoms with E-state index in [1.54, 1.807) is 30.5 Å². The van der Waals surface area contributed by atoms with Gasteiger partial charge in [0.25, 0.3) is 5.91 Å². The monoisotopic (exact) mass is 565 g/mol. The average Bonchev–Trinajstić information content (AvgIpc) is 3.54. The molecule has 3 atom stereocenters. The van der Waals surface area contributed by atoms with Crippen LogP contribution in [0.25, 0.3) is 11.1 Å². The molecule has 2 aliphatic rings. The summed E-state index contributed by atoms with van der Waals surface area (Å²) in [6.07, 6.45) is 0.213. The lowest BCUT2D eigenvalue weighted by molar-refractivity contribution is -0.118. The van der Waals surface area contributed by atoms with Gasteiger partial charge < -0.3 is 25.0 Å². The summed E-state index contributed by atoms with van der Waals surface area (Å²) >= 11 is 0. The number of aliphatic hydroxyl groups is 2. The number of benzene rings is 3. The Morgan fingerprint density at radius 2 is 1.57 bits per heavy atom. The minimum Gasteiger partial charge on any atom is -0.484 e. The Kier molecular flexibility index (Phi) is 7.85. The standard InChI is InChI=1S/C33H31N3O6/c37-18-29-30(38)16-28(21-14-15-31(34-17-21)35-32(39)20-41-22-8-2-1-3-9-22)36(29)33(40)42-19-27-25-12-6-4-10-23(25)24-11-5-7-13-26(24)27/h1-15,17,27-30,37-38H,16,18-20H2,(H,34,35,39)/t28-,29-,30+/m1/s1. The zero-order valence-electron chi connectivity index (χ0n) is 22.8. The quantitative estimate of drug-likeness (QED) is 0.287. The summed E-state index contributed by atoms with van der Waals surface area (Å²) in [7, 11) is 0. The number of anilines is 1. The van der Waals surface area contributed by atoms with Crippen LogP contribution in [0.5, 0.6) is 5.75 Å². The fourth-order valence-electron chi connectivity index (χ4n) is 5.87. The van der Waals surface area contributed by atoms with E-state index < -0.39 is 30.9 Å². The summed E-state index contributed by atoms with van der Waals surface area (Å²) < 4.78 is 11.3.